The maximum absolute atomic E-state index is 2.18. The van der Waals surface area contributed by atoms with Crippen LogP contribution in [-0.2, 0) is 0 Å². The van der Waals surface area contributed by atoms with Gasteiger partial charge in [0.2, 0.25) is 0 Å². The summed E-state index contributed by atoms with van der Waals surface area (Å²) in [4.78, 5) is 0. The minimum absolute atomic E-state index is 1.23. The van der Waals surface area contributed by atoms with Crippen LogP contribution in [0.15, 0.2) is 72.3 Å². The van der Waals surface area contributed by atoms with Crippen molar-refractivity contribution < 1.29 is 0 Å². The summed E-state index contributed by atoms with van der Waals surface area (Å²) in [5, 5.41) is 0. The predicted molar refractivity (Wildman–Crippen MR) is 75.6 cm³/mol. The van der Waals surface area contributed by atoms with Gasteiger partial charge in [-0.3, -0.25) is 0 Å². The first-order valence-corrected chi connectivity index (χ1v) is 5.81. The molecule has 17 heavy (non-hydrogen) atoms. The summed E-state index contributed by atoms with van der Waals surface area (Å²) >= 11 is 0. The van der Waals surface area contributed by atoms with E-state index in [9.17, 15) is 0 Å². The molecule has 2 rings (SSSR count). The molecule has 0 aliphatic carbocycles. The first kappa shape index (κ1) is 11.4. The molecule has 0 unspecified atom stereocenters. The molecule has 0 aliphatic heterocycles. The van der Waals surface area contributed by atoms with Crippen LogP contribution in [-0.4, -0.2) is 0 Å². The highest BCUT2D eigenvalue weighted by atomic mass is 13.9. The zero-order valence-corrected chi connectivity index (χ0v) is 10.0. The van der Waals surface area contributed by atoms with Gasteiger partial charge in [-0.05, 0) is 18.1 Å². The number of hydrogen-bond acceptors (Lipinski definition) is 0. The zero-order chi connectivity index (χ0) is 11.9. The third kappa shape index (κ3) is 3.76. The van der Waals surface area contributed by atoms with Gasteiger partial charge in [0.15, 0.2) is 0 Å². The Morgan fingerprint density at radius 2 is 1.29 bits per heavy atom. The van der Waals surface area contributed by atoms with Crippen LogP contribution in [0, 0.1) is 0 Å². The van der Waals surface area contributed by atoms with Gasteiger partial charge >= 0.3 is 0 Å². The van der Waals surface area contributed by atoms with Crippen molar-refractivity contribution in [2.75, 3.05) is 0 Å². The molecule has 0 radical (unpaired) electrons. The molecular formula is C17H16. The van der Waals surface area contributed by atoms with Crippen LogP contribution in [0.3, 0.4) is 0 Å². The van der Waals surface area contributed by atoms with E-state index in [0.717, 1.165) is 0 Å². The van der Waals surface area contributed by atoms with E-state index < -0.39 is 0 Å². The average molecular weight is 220 g/mol. The molecule has 0 saturated heterocycles. The van der Waals surface area contributed by atoms with Crippen LogP contribution in [0.5, 0.6) is 0 Å². The van der Waals surface area contributed by atoms with E-state index in [-0.39, 0.29) is 0 Å². The van der Waals surface area contributed by atoms with E-state index in [2.05, 4.69) is 73.7 Å². The first-order chi connectivity index (χ1) is 8.34. The Balaban J connectivity index is 2.09. The molecule has 0 heteroatoms. The fourth-order valence-corrected chi connectivity index (χ4v) is 1.65. The lowest BCUT2D eigenvalue weighted by atomic mass is 10.1. The number of allylic oxidation sites excluding steroid dienone is 2. The van der Waals surface area contributed by atoms with Gasteiger partial charge in [-0.2, -0.15) is 0 Å². The van der Waals surface area contributed by atoms with Gasteiger partial charge in [0.25, 0.3) is 0 Å². The summed E-state index contributed by atoms with van der Waals surface area (Å²) < 4.78 is 0. The molecule has 2 aromatic rings. The second-order valence-electron chi connectivity index (χ2n) is 4.04. The molecular weight excluding hydrogens is 204 g/mol. The largest absolute Gasteiger partial charge is 0.0622 e. The van der Waals surface area contributed by atoms with Crippen molar-refractivity contribution in [3.8, 4) is 0 Å². The summed E-state index contributed by atoms with van der Waals surface area (Å²) in [5.74, 6) is 0. The summed E-state index contributed by atoms with van der Waals surface area (Å²) in [6.45, 7) is 2.12. The Labute approximate surface area is 103 Å². The van der Waals surface area contributed by atoms with E-state index in [0.29, 0.717) is 0 Å². The van der Waals surface area contributed by atoms with E-state index in [1.807, 2.05) is 12.1 Å². The quantitative estimate of drug-likeness (QED) is 0.651. The van der Waals surface area contributed by atoms with Gasteiger partial charge in [-0.1, -0.05) is 84.5 Å². The van der Waals surface area contributed by atoms with Crippen molar-refractivity contribution in [2.45, 2.75) is 6.92 Å². The second-order valence-corrected chi connectivity index (χ2v) is 4.04. The van der Waals surface area contributed by atoms with Crippen molar-refractivity contribution in [3.05, 3.63) is 83.4 Å². The molecule has 0 N–H and O–H groups in total. The van der Waals surface area contributed by atoms with Crippen molar-refractivity contribution in [3.63, 3.8) is 0 Å². The van der Waals surface area contributed by atoms with Crippen molar-refractivity contribution >= 4 is 12.2 Å². The summed E-state index contributed by atoms with van der Waals surface area (Å²) in [6, 6.07) is 20.7. The maximum Gasteiger partial charge on any atom is -0.0254 e. The standard InChI is InChI=1S/C17H16/c1-15(14-17-10-6-3-7-11-17)12-13-16-8-4-2-5-9-16/h2-14H,1H3/b13-12+,15-14+. The van der Waals surface area contributed by atoms with Gasteiger partial charge in [-0.25, -0.2) is 0 Å². The molecule has 0 saturated carbocycles. The molecule has 0 spiro atoms. The van der Waals surface area contributed by atoms with Crippen molar-refractivity contribution in [1.29, 1.82) is 0 Å². The highest BCUT2D eigenvalue weighted by molar-refractivity contribution is 5.60. The van der Waals surface area contributed by atoms with Gasteiger partial charge < -0.3 is 0 Å². The lowest BCUT2D eigenvalue weighted by Gasteiger charge is -1.95. The number of hydrogen-bond donors (Lipinski definition) is 0. The summed E-state index contributed by atoms with van der Waals surface area (Å²) in [5.41, 5.74) is 3.72. The lowest BCUT2D eigenvalue weighted by Crippen LogP contribution is -1.73. The summed E-state index contributed by atoms with van der Waals surface area (Å²) in [7, 11) is 0. The molecule has 0 heterocycles. The van der Waals surface area contributed by atoms with Crippen LogP contribution >= 0.6 is 0 Å². The topological polar surface area (TPSA) is 0 Å². The van der Waals surface area contributed by atoms with E-state index in [4.69, 9.17) is 0 Å². The zero-order valence-electron chi connectivity index (χ0n) is 10.0. The van der Waals surface area contributed by atoms with Crippen LogP contribution in [0.25, 0.3) is 12.2 Å². The Morgan fingerprint density at radius 1 is 0.765 bits per heavy atom. The van der Waals surface area contributed by atoms with Crippen LogP contribution < -0.4 is 0 Å². The maximum atomic E-state index is 2.18. The predicted octanol–water partition coefficient (Wildman–Crippen LogP) is 4.80. The minimum Gasteiger partial charge on any atom is -0.0622 e. The Bertz CT molecular complexity index is 504. The molecule has 84 valence electrons. The monoisotopic (exact) mass is 220 g/mol. The fraction of sp³-hybridized carbons (Fsp3) is 0.0588. The highest BCUT2D eigenvalue weighted by Gasteiger charge is 1.87. The number of rotatable bonds is 3. The molecule has 0 aromatic heterocycles. The molecule has 2 aromatic carbocycles. The highest BCUT2D eigenvalue weighted by Crippen LogP contribution is 2.09. The van der Waals surface area contributed by atoms with Gasteiger partial charge in [0.1, 0.15) is 0 Å². The lowest BCUT2D eigenvalue weighted by molar-refractivity contribution is 1.55. The molecule has 0 bridgehead atoms. The Hall–Kier alpha value is -2.08. The molecule has 0 nitrogen and oxygen atoms in total. The number of benzene rings is 2. The van der Waals surface area contributed by atoms with Crippen LogP contribution in [0.4, 0.5) is 0 Å². The SMILES string of the molecule is CC(/C=C/c1ccccc1)=C\c1ccccc1. The third-order valence-corrected chi connectivity index (χ3v) is 2.53. The average Bonchev–Trinajstić information content (AvgIpc) is 2.39. The second kappa shape index (κ2) is 5.86. The van der Waals surface area contributed by atoms with Crippen LogP contribution in [0.2, 0.25) is 0 Å². The molecule has 0 aliphatic rings. The first-order valence-electron chi connectivity index (χ1n) is 5.81. The normalized spacial score (nSPS) is 11.9. The summed E-state index contributed by atoms with van der Waals surface area (Å²) in [6.07, 6.45) is 6.45. The van der Waals surface area contributed by atoms with Crippen molar-refractivity contribution in [1.82, 2.24) is 0 Å². The Kier molecular flexibility index (Phi) is 3.93. The van der Waals surface area contributed by atoms with E-state index in [1.165, 1.54) is 16.7 Å². The molecule has 0 fully saturated rings. The van der Waals surface area contributed by atoms with Crippen molar-refractivity contribution in [2.24, 2.45) is 0 Å². The van der Waals surface area contributed by atoms with Gasteiger partial charge in [-0.15, -0.1) is 0 Å². The van der Waals surface area contributed by atoms with Gasteiger partial charge in [0.05, 0.1) is 0 Å². The van der Waals surface area contributed by atoms with E-state index in [1.54, 1.807) is 0 Å². The van der Waals surface area contributed by atoms with Crippen LogP contribution in [0.1, 0.15) is 18.1 Å². The fourth-order valence-electron chi connectivity index (χ4n) is 1.65. The smallest absolute Gasteiger partial charge is 0.0254 e. The van der Waals surface area contributed by atoms with E-state index >= 15 is 0 Å². The molecule has 0 amide bonds. The minimum atomic E-state index is 1.23. The molecule has 0 atom stereocenters. The Morgan fingerprint density at radius 3 is 1.88 bits per heavy atom. The third-order valence-electron chi connectivity index (χ3n) is 2.53. The van der Waals surface area contributed by atoms with Gasteiger partial charge in [0, 0.05) is 0 Å².